The van der Waals surface area contributed by atoms with Crippen LogP contribution < -0.4 is 0 Å². The molecule has 1 unspecified atom stereocenters. The predicted octanol–water partition coefficient (Wildman–Crippen LogP) is 4.10. The molecule has 2 aromatic rings. The van der Waals surface area contributed by atoms with Gasteiger partial charge < -0.3 is 5.11 Å². The van der Waals surface area contributed by atoms with Crippen molar-refractivity contribution >= 4 is 11.6 Å². The van der Waals surface area contributed by atoms with Crippen molar-refractivity contribution in [1.82, 2.24) is 0 Å². The van der Waals surface area contributed by atoms with Crippen molar-refractivity contribution in [3.8, 4) is 0 Å². The average Bonchev–Trinajstić information content (AvgIpc) is 2.29. The van der Waals surface area contributed by atoms with E-state index < -0.39 is 5.60 Å². The van der Waals surface area contributed by atoms with Crippen molar-refractivity contribution in [3.05, 3.63) is 70.2 Å². The highest BCUT2D eigenvalue weighted by atomic mass is 35.5. The summed E-state index contributed by atoms with van der Waals surface area (Å²) in [5.74, 6) is 0. The van der Waals surface area contributed by atoms with Gasteiger partial charge in [-0.25, -0.2) is 0 Å². The van der Waals surface area contributed by atoms with E-state index in [1.54, 1.807) is 0 Å². The largest absolute Gasteiger partial charge is 0.385 e. The van der Waals surface area contributed by atoms with Crippen molar-refractivity contribution in [3.63, 3.8) is 0 Å². The smallest absolute Gasteiger partial charge is 0.0908 e. The lowest BCUT2D eigenvalue weighted by Crippen LogP contribution is -2.24. The Morgan fingerprint density at radius 2 is 1.78 bits per heavy atom. The van der Waals surface area contributed by atoms with Gasteiger partial charge in [-0.05, 0) is 37.1 Å². The molecular formula is C16H17ClO. The lowest BCUT2D eigenvalue weighted by atomic mass is 9.89. The quantitative estimate of drug-likeness (QED) is 0.881. The number of halogens is 1. The molecule has 1 atom stereocenters. The van der Waals surface area contributed by atoms with E-state index in [9.17, 15) is 5.11 Å². The molecule has 0 amide bonds. The number of hydrogen-bond donors (Lipinski definition) is 1. The van der Waals surface area contributed by atoms with Gasteiger partial charge in [-0.15, -0.1) is 0 Å². The second-order valence-corrected chi connectivity index (χ2v) is 5.38. The molecule has 0 fully saturated rings. The van der Waals surface area contributed by atoms with Gasteiger partial charge in [0.25, 0.3) is 0 Å². The van der Waals surface area contributed by atoms with Crippen LogP contribution in [-0.2, 0) is 12.0 Å². The van der Waals surface area contributed by atoms with Gasteiger partial charge >= 0.3 is 0 Å². The summed E-state index contributed by atoms with van der Waals surface area (Å²) >= 11 is 5.96. The standard InChI is InChI=1S/C16H17ClO/c1-12-6-8-14(9-7-12)16(2,18)11-13-4-3-5-15(17)10-13/h3-10,18H,11H2,1-2H3. The summed E-state index contributed by atoms with van der Waals surface area (Å²) in [7, 11) is 0. The normalized spacial score (nSPS) is 14.2. The molecule has 94 valence electrons. The van der Waals surface area contributed by atoms with Crippen LogP contribution in [0.25, 0.3) is 0 Å². The maximum absolute atomic E-state index is 10.6. The van der Waals surface area contributed by atoms with Crippen LogP contribution in [0.3, 0.4) is 0 Å². The van der Waals surface area contributed by atoms with Crippen molar-refractivity contribution in [2.45, 2.75) is 25.9 Å². The molecule has 18 heavy (non-hydrogen) atoms. The van der Waals surface area contributed by atoms with Crippen molar-refractivity contribution < 1.29 is 5.11 Å². The van der Waals surface area contributed by atoms with Crippen molar-refractivity contribution in [1.29, 1.82) is 0 Å². The van der Waals surface area contributed by atoms with E-state index >= 15 is 0 Å². The van der Waals surface area contributed by atoms with E-state index in [0.29, 0.717) is 11.4 Å². The zero-order valence-electron chi connectivity index (χ0n) is 10.7. The molecule has 0 aromatic heterocycles. The third-order valence-electron chi connectivity index (χ3n) is 3.11. The molecule has 0 radical (unpaired) electrons. The van der Waals surface area contributed by atoms with E-state index in [4.69, 9.17) is 11.6 Å². The molecule has 0 saturated carbocycles. The molecule has 1 N–H and O–H groups in total. The molecule has 2 rings (SSSR count). The summed E-state index contributed by atoms with van der Waals surface area (Å²) in [6.07, 6.45) is 0.552. The first-order valence-electron chi connectivity index (χ1n) is 6.01. The Morgan fingerprint density at radius 1 is 1.11 bits per heavy atom. The SMILES string of the molecule is Cc1ccc(C(C)(O)Cc2cccc(Cl)c2)cc1. The Hall–Kier alpha value is -1.31. The maximum atomic E-state index is 10.6. The summed E-state index contributed by atoms with van der Waals surface area (Å²) in [6, 6.07) is 15.6. The van der Waals surface area contributed by atoms with Crippen LogP contribution in [0.15, 0.2) is 48.5 Å². The van der Waals surface area contributed by atoms with Crippen molar-refractivity contribution in [2.24, 2.45) is 0 Å². The average molecular weight is 261 g/mol. The monoisotopic (exact) mass is 260 g/mol. The Bertz CT molecular complexity index is 529. The first-order chi connectivity index (χ1) is 8.47. The van der Waals surface area contributed by atoms with Gasteiger partial charge in [-0.1, -0.05) is 53.6 Å². The van der Waals surface area contributed by atoms with Crippen LogP contribution in [0.1, 0.15) is 23.6 Å². The summed E-state index contributed by atoms with van der Waals surface area (Å²) in [6.45, 7) is 3.87. The van der Waals surface area contributed by atoms with Gasteiger partial charge in [-0.3, -0.25) is 0 Å². The highest BCUT2D eigenvalue weighted by Gasteiger charge is 2.23. The Labute approximate surface area is 113 Å². The minimum atomic E-state index is -0.877. The van der Waals surface area contributed by atoms with Gasteiger partial charge in [-0.2, -0.15) is 0 Å². The van der Waals surface area contributed by atoms with Gasteiger partial charge in [0, 0.05) is 11.4 Å². The maximum Gasteiger partial charge on any atom is 0.0908 e. The summed E-state index contributed by atoms with van der Waals surface area (Å²) in [5, 5.41) is 11.3. The van der Waals surface area contributed by atoms with E-state index in [1.807, 2.05) is 62.4 Å². The van der Waals surface area contributed by atoms with Gasteiger partial charge in [0.2, 0.25) is 0 Å². The Morgan fingerprint density at radius 3 is 2.39 bits per heavy atom. The second-order valence-electron chi connectivity index (χ2n) is 4.95. The molecule has 2 heteroatoms. The second kappa shape index (κ2) is 5.13. The van der Waals surface area contributed by atoms with Gasteiger partial charge in [0.1, 0.15) is 0 Å². The van der Waals surface area contributed by atoms with Crippen molar-refractivity contribution in [2.75, 3.05) is 0 Å². The highest BCUT2D eigenvalue weighted by Crippen LogP contribution is 2.26. The number of rotatable bonds is 3. The molecule has 1 nitrogen and oxygen atoms in total. The number of aliphatic hydroxyl groups is 1. The van der Waals surface area contributed by atoms with Crippen LogP contribution in [0, 0.1) is 6.92 Å². The molecule has 0 aliphatic rings. The number of aryl methyl sites for hydroxylation is 1. The first kappa shape index (κ1) is 13.1. The molecule has 0 heterocycles. The number of hydrogen-bond acceptors (Lipinski definition) is 1. The van der Waals surface area contributed by atoms with Crippen LogP contribution in [0.5, 0.6) is 0 Å². The molecule has 0 bridgehead atoms. The van der Waals surface area contributed by atoms with Gasteiger partial charge in [0.05, 0.1) is 5.60 Å². The lowest BCUT2D eigenvalue weighted by molar-refractivity contribution is 0.0576. The molecule has 0 spiro atoms. The minimum Gasteiger partial charge on any atom is -0.385 e. The molecule has 0 aliphatic heterocycles. The Kier molecular flexibility index (Phi) is 3.74. The lowest BCUT2D eigenvalue weighted by Gasteiger charge is -2.24. The third kappa shape index (κ3) is 3.12. The summed E-state index contributed by atoms with van der Waals surface area (Å²) in [4.78, 5) is 0. The fraction of sp³-hybridized carbons (Fsp3) is 0.250. The zero-order valence-corrected chi connectivity index (χ0v) is 11.4. The Balaban J connectivity index is 2.23. The summed E-state index contributed by atoms with van der Waals surface area (Å²) < 4.78 is 0. The predicted molar refractivity (Wildman–Crippen MR) is 75.9 cm³/mol. The van der Waals surface area contributed by atoms with Gasteiger partial charge in [0.15, 0.2) is 0 Å². The van der Waals surface area contributed by atoms with Crippen LogP contribution in [-0.4, -0.2) is 5.11 Å². The molecule has 0 saturated heterocycles. The van der Waals surface area contributed by atoms with E-state index in [0.717, 1.165) is 11.1 Å². The molecule has 0 aliphatic carbocycles. The third-order valence-corrected chi connectivity index (χ3v) is 3.35. The van der Waals surface area contributed by atoms with Crippen LogP contribution in [0.4, 0.5) is 0 Å². The fourth-order valence-corrected chi connectivity index (χ4v) is 2.27. The van der Waals surface area contributed by atoms with E-state index in [2.05, 4.69) is 0 Å². The zero-order chi connectivity index (χ0) is 13.2. The topological polar surface area (TPSA) is 20.2 Å². The van der Waals surface area contributed by atoms with E-state index in [-0.39, 0.29) is 0 Å². The van der Waals surface area contributed by atoms with Crippen LogP contribution >= 0.6 is 11.6 Å². The van der Waals surface area contributed by atoms with Crippen LogP contribution in [0.2, 0.25) is 5.02 Å². The minimum absolute atomic E-state index is 0.552. The fourth-order valence-electron chi connectivity index (χ4n) is 2.06. The molecule has 2 aromatic carbocycles. The molecular weight excluding hydrogens is 244 g/mol. The first-order valence-corrected chi connectivity index (χ1v) is 6.39. The summed E-state index contributed by atoms with van der Waals surface area (Å²) in [5.41, 5.74) is 2.27. The van der Waals surface area contributed by atoms with E-state index in [1.165, 1.54) is 5.56 Å². The highest BCUT2D eigenvalue weighted by molar-refractivity contribution is 6.30. The number of benzene rings is 2.